The summed E-state index contributed by atoms with van der Waals surface area (Å²) < 4.78 is 5.20. The first-order chi connectivity index (χ1) is 13.5. The fourth-order valence-electron chi connectivity index (χ4n) is 3.30. The van der Waals surface area contributed by atoms with Gasteiger partial charge >= 0.3 is 6.03 Å². The number of benzene rings is 1. The lowest BCUT2D eigenvalue weighted by atomic mass is 10.2. The lowest BCUT2D eigenvalue weighted by Gasteiger charge is -2.35. The number of aromatic nitrogens is 4. The molecule has 0 aliphatic carbocycles. The maximum absolute atomic E-state index is 12.6. The van der Waals surface area contributed by atoms with Gasteiger partial charge in [0.15, 0.2) is 5.65 Å². The number of carbonyl (C=O) groups excluding carboxylic acids is 1. The van der Waals surface area contributed by atoms with Gasteiger partial charge in [-0.15, -0.1) is 0 Å². The van der Waals surface area contributed by atoms with Crippen LogP contribution in [0.1, 0.15) is 5.56 Å². The topological polar surface area (TPSA) is 125 Å². The number of hydrogen-bond acceptors (Lipinski definition) is 7. The molecule has 1 aliphatic rings. The van der Waals surface area contributed by atoms with Crippen molar-refractivity contribution in [3.05, 3.63) is 30.0 Å². The summed E-state index contributed by atoms with van der Waals surface area (Å²) in [4.78, 5) is 25.0. The van der Waals surface area contributed by atoms with E-state index >= 15 is 0 Å². The second-order valence-corrected chi connectivity index (χ2v) is 6.62. The van der Waals surface area contributed by atoms with Crippen LogP contribution in [0.4, 0.5) is 22.2 Å². The Balaban J connectivity index is 1.42. The Bertz CT molecular complexity index is 1010. The van der Waals surface area contributed by atoms with Crippen LogP contribution in [0.5, 0.6) is 5.75 Å². The SMILES string of the molecule is COc1ccc(NC(=O)N2CCN(c3nc(N)nc4[nH]ncc34)CC2)c(C)c1. The highest BCUT2D eigenvalue weighted by Crippen LogP contribution is 2.25. The molecule has 4 N–H and O–H groups in total. The molecule has 2 amide bonds. The normalized spacial score (nSPS) is 14.4. The molecule has 4 rings (SSSR count). The van der Waals surface area contributed by atoms with E-state index in [9.17, 15) is 4.79 Å². The Labute approximate surface area is 161 Å². The van der Waals surface area contributed by atoms with Crippen molar-refractivity contribution < 1.29 is 9.53 Å². The molecule has 1 aliphatic heterocycles. The van der Waals surface area contributed by atoms with Crippen LogP contribution >= 0.6 is 0 Å². The number of nitrogen functional groups attached to an aromatic ring is 1. The number of anilines is 3. The third-order valence-corrected chi connectivity index (χ3v) is 4.85. The van der Waals surface area contributed by atoms with Crippen LogP contribution in [0.2, 0.25) is 0 Å². The number of nitrogens with two attached hydrogens (primary N) is 1. The summed E-state index contributed by atoms with van der Waals surface area (Å²) in [5.41, 5.74) is 8.14. The number of piperazine rings is 1. The summed E-state index contributed by atoms with van der Waals surface area (Å²) in [5.74, 6) is 1.70. The van der Waals surface area contributed by atoms with E-state index in [1.807, 2.05) is 25.1 Å². The van der Waals surface area contributed by atoms with Gasteiger partial charge in [0.25, 0.3) is 0 Å². The zero-order valence-electron chi connectivity index (χ0n) is 15.8. The molecule has 2 aromatic heterocycles. The number of aromatic amines is 1. The number of methoxy groups -OCH3 is 1. The molecule has 3 heterocycles. The Kier molecular flexibility index (Phi) is 4.60. The first kappa shape index (κ1) is 17.8. The van der Waals surface area contributed by atoms with E-state index in [0.29, 0.717) is 31.8 Å². The predicted molar refractivity (Wildman–Crippen MR) is 107 cm³/mol. The molecule has 0 bridgehead atoms. The lowest BCUT2D eigenvalue weighted by molar-refractivity contribution is 0.208. The van der Waals surface area contributed by atoms with E-state index in [-0.39, 0.29) is 12.0 Å². The minimum atomic E-state index is -0.122. The van der Waals surface area contributed by atoms with Crippen molar-refractivity contribution >= 4 is 34.5 Å². The molecule has 1 saturated heterocycles. The molecule has 0 spiro atoms. The maximum atomic E-state index is 12.6. The van der Waals surface area contributed by atoms with Gasteiger partial charge in [0, 0.05) is 31.9 Å². The molecule has 28 heavy (non-hydrogen) atoms. The van der Waals surface area contributed by atoms with Crippen molar-refractivity contribution in [3.8, 4) is 5.75 Å². The number of ether oxygens (including phenoxy) is 1. The van der Waals surface area contributed by atoms with Crippen molar-refractivity contribution in [2.24, 2.45) is 0 Å². The van der Waals surface area contributed by atoms with Gasteiger partial charge in [0.2, 0.25) is 5.95 Å². The number of H-pyrrole nitrogens is 1. The van der Waals surface area contributed by atoms with Crippen LogP contribution in [-0.4, -0.2) is 64.4 Å². The zero-order valence-corrected chi connectivity index (χ0v) is 15.8. The maximum Gasteiger partial charge on any atom is 0.321 e. The minimum Gasteiger partial charge on any atom is -0.497 e. The summed E-state index contributed by atoms with van der Waals surface area (Å²) in [6.45, 7) is 4.37. The van der Waals surface area contributed by atoms with E-state index in [4.69, 9.17) is 10.5 Å². The number of nitrogens with one attached hydrogen (secondary N) is 2. The van der Waals surface area contributed by atoms with Gasteiger partial charge in [0.1, 0.15) is 11.6 Å². The van der Waals surface area contributed by atoms with Gasteiger partial charge in [-0.3, -0.25) is 5.10 Å². The van der Waals surface area contributed by atoms with Crippen molar-refractivity contribution in [1.82, 2.24) is 25.1 Å². The van der Waals surface area contributed by atoms with E-state index in [0.717, 1.165) is 28.2 Å². The van der Waals surface area contributed by atoms with E-state index in [1.54, 1.807) is 18.2 Å². The highest BCUT2D eigenvalue weighted by Gasteiger charge is 2.24. The molecule has 1 aromatic carbocycles. The first-order valence-electron chi connectivity index (χ1n) is 8.97. The molecule has 3 aromatic rings. The molecule has 1 fully saturated rings. The Morgan fingerprint density at radius 3 is 2.75 bits per heavy atom. The highest BCUT2D eigenvalue weighted by atomic mass is 16.5. The van der Waals surface area contributed by atoms with E-state index in [2.05, 4.69) is 30.4 Å². The Hall–Kier alpha value is -3.56. The second kappa shape index (κ2) is 7.22. The molecule has 10 heteroatoms. The fraction of sp³-hybridized carbons (Fsp3) is 0.333. The van der Waals surface area contributed by atoms with Crippen LogP contribution in [0, 0.1) is 6.92 Å². The number of fused-ring (bicyclic) bond motifs is 1. The quantitative estimate of drug-likeness (QED) is 0.628. The van der Waals surface area contributed by atoms with Crippen LogP contribution in [0.3, 0.4) is 0 Å². The molecular formula is C18H22N8O2. The number of urea groups is 1. The van der Waals surface area contributed by atoms with Crippen molar-refractivity contribution in [1.29, 1.82) is 0 Å². The molecule has 0 radical (unpaired) electrons. The molecule has 0 saturated carbocycles. The molecular weight excluding hydrogens is 360 g/mol. The largest absolute Gasteiger partial charge is 0.497 e. The number of rotatable bonds is 3. The summed E-state index contributed by atoms with van der Waals surface area (Å²) >= 11 is 0. The van der Waals surface area contributed by atoms with Gasteiger partial charge in [-0.25, -0.2) is 4.79 Å². The van der Waals surface area contributed by atoms with Gasteiger partial charge < -0.3 is 25.6 Å². The van der Waals surface area contributed by atoms with E-state index < -0.39 is 0 Å². The average molecular weight is 382 g/mol. The molecule has 0 unspecified atom stereocenters. The fourth-order valence-corrected chi connectivity index (χ4v) is 3.30. The van der Waals surface area contributed by atoms with Crippen LogP contribution < -0.4 is 20.7 Å². The monoisotopic (exact) mass is 382 g/mol. The third kappa shape index (κ3) is 3.36. The Morgan fingerprint density at radius 2 is 2.04 bits per heavy atom. The highest BCUT2D eigenvalue weighted by molar-refractivity contribution is 5.91. The number of aryl methyl sites for hydroxylation is 1. The summed E-state index contributed by atoms with van der Waals surface area (Å²) in [7, 11) is 1.62. The summed E-state index contributed by atoms with van der Waals surface area (Å²) in [6.07, 6.45) is 1.69. The van der Waals surface area contributed by atoms with Crippen molar-refractivity contribution in [2.45, 2.75) is 6.92 Å². The van der Waals surface area contributed by atoms with Gasteiger partial charge in [-0.05, 0) is 30.7 Å². The van der Waals surface area contributed by atoms with Crippen molar-refractivity contribution in [2.75, 3.05) is 49.2 Å². The Morgan fingerprint density at radius 1 is 1.25 bits per heavy atom. The number of carbonyl (C=O) groups is 1. The molecule has 10 nitrogen and oxygen atoms in total. The third-order valence-electron chi connectivity index (χ3n) is 4.85. The number of amides is 2. The smallest absolute Gasteiger partial charge is 0.321 e. The molecule has 0 atom stereocenters. The van der Waals surface area contributed by atoms with Crippen molar-refractivity contribution in [3.63, 3.8) is 0 Å². The van der Waals surface area contributed by atoms with Crippen LogP contribution in [0.25, 0.3) is 11.0 Å². The summed E-state index contributed by atoms with van der Waals surface area (Å²) in [5, 5.41) is 10.6. The van der Waals surface area contributed by atoms with Crippen LogP contribution in [-0.2, 0) is 0 Å². The number of nitrogens with zero attached hydrogens (tertiary/aromatic N) is 5. The second-order valence-electron chi connectivity index (χ2n) is 6.62. The lowest BCUT2D eigenvalue weighted by Crippen LogP contribution is -2.50. The standard InChI is InChI=1S/C18H22N8O2/c1-11-9-12(28-2)3-4-14(11)21-18(27)26-7-5-25(6-8-26)16-13-10-20-24-15(13)22-17(19)23-16/h3-4,9-10H,5-8H2,1-2H3,(H,21,27)(H3,19,20,22,23,24). The summed E-state index contributed by atoms with van der Waals surface area (Å²) in [6, 6.07) is 5.45. The predicted octanol–water partition coefficient (Wildman–Crippen LogP) is 1.61. The van der Waals surface area contributed by atoms with Gasteiger partial charge in [-0.1, -0.05) is 0 Å². The number of hydrogen-bond donors (Lipinski definition) is 3. The van der Waals surface area contributed by atoms with Gasteiger partial charge in [-0.2, -0.15) is 15.1 Å². The molecule has 146 valence electrons. The first-order valence-corrected chi connectivity index (χ1v) is 8.97. The van der Waals surface area contributed by atoms with Gasteiger partial charge in [0.05, 0.1) is 18.7 Å². The van der Waals surface area contributed by atoms with Crippen LogP contribution in [0.15, 0.2) is 24.4 Å². The minimum absolute atomic E-state index is 0.122. The van der Waals surface area contributed by atoms with E-state index in [1.165, 1.54) is 0 Å². The average Bonchev–Trinajstić information content (AvgIpc) is 3.17. The zero-order chi connectivity index (χ0) is 19.7.